The number of carbonyl (C=O) groups is 1. The van der Waals surface area contributed by atoms with Crippen LogP contribution < -0.4 is 10.2 Å². The monoisotopic (exact) mass is 269 g/mol. The average Bonchev–Trinajstić information content (AvgIpc) is 2.23. The van der Waals surface area contributed by atoms with E-state index in [9.17, 15) is 4.79 Å². The molecule has 1 unspecified atom stereocenters. The van der Waals surface area contributed by atoms with Crippen LogP contribution in [0.3, 0.4) is 0 Å². The molecule has 0 bridgehead atoms. The molecule has 4 nitrogen and oxygen atoms in total. The number of rotatable bonds is 1. The first-order valence-electron chi connectivity index (χ1n) is 4.85. The van der Waals surface area contributed by atoms with Crippen molar-refractivity contribution in [3.63, 3.8) is 0 Å². The van der Waals surface area contributed by atoms with Crippen molar-refractivity contribution in [2.45, 2.75) is 13.0 Å². The van der Waals surface area contributed by atoms with Gasteiger partial charge in [0.15, 0.2) is 0 Å². The highest BCUT2D eigenvalue weighted by Crippen LogP contribution is 2.25. The zero-order chi connectivity index (χ0) is 10.8. The molecule has 0 aliphatic carbocycles. The predicted molar refractivity (Wildman–Crippen MR) is 61.8 cm³/mol. The highest BCUT2D eigenvalue weighted by molar-refractivity contribution is 9.10. The first-order valence-corrected chi connectivity index (χ1v) is 5.64. The summed E-state index contributed by atoms with van der Waals surface area (Å²) in [5.41, 5.74) is 0. The Morgan fingerprint density at radius 1 is 1.67 bits per heavy atom. The van der Waals surface area contributed by atoms with E-state index in [4.69, 9.17) is 0 Å². The van der Waals surface area contributed by atoms with Crippen molar-refractivity contribution in [3.8, 4) is 0 Å². The molecule has 1 N–H and O–H groups in total. The molecule has 80 valence electrons. The lowest BCUT2D eigenvalue weighted by Crippen LogP contribution is -2.54. The van der Waals surface area contributed by atoms with Gasteiger partial charge < -0.3 is 10.2 Å². The standard InChI is InChI=1S/C10H12BrN3O/c1-7-10(15)13-5-6-14(7)9-8(11)3-2-4-12-9/h2-4,7H,5-6H2,1H3,(H,13,15). The average molecular weight is 270 g/mol. The van der Waals surface area contributed by atoms with Crippen LogP contribution in [-0.2, 0) is 4.79 Å². The van der Waals surface area contributed by atoms with Crippen molar-refractivity contribution in [1.82, 2.24) is 10.3 Å². The first-order chi connectivity index (χ1) is 7.20. The molecule has 5 heteroatoms. The van der Waals surface area contributed by atoms with E-state index in [0.29, 0.717) is 6.54 Å². The molecule has 1 aliphatic heterocycles. The third-order valence-corrected chi connectivity index (χ3v) is 3.13. The van der Waals surface area contributed by atoms with Crippen molar-refractivity contribution in [2.24, 2.45) is 0 Å². The summed E-state index contributed by atoms with van der Waals surface area (Å²) in [5, 5.41) is 2.83. The van der Waals surface area contributed by atoms with Gasteiger partial charge in [-0.3, -0.25) is 4.79 Å². The Kier molecular flexibility index (Phi) is 2.90. The summed E-state index contributed by atoms with van der Waals surface area (Å²) in [6, 6.07) is 3.63. The zero-order valence-corrected chi connectivity index (χ0v) is 9.99. The van der Waals surface area contributed by atoms with Crippen LogP contribution in [0.2, 0.25) is 0 Å². The van der Waals surface area contributed by atoms with Gasteiger partial charge in [-0.1, -0.05) is 0 Å². The molecule has 0 saturated carbocycles. The third kappa shape index (κ3) is 1.97. The number of piperazine rings is 1. The van der Waals surface area contributed by atoms with E-state index < -0.39 is 0 Å². The van der Waals surface area contributed by atoms with Crippen molar-refractivity contribution < 1.29 is 4.79 Å². The summed E-state index contributed by atoms with van der Waals surface area (Å²) in [4.78, 5) is 17.8. The van der Waals surface area contributed by atoms with Crippen LogP contribution in [0.25, 0.3) is 0 Å². The van der Waals surface area contributed by atoms with E-state index in [2.05, 4.69) is 26.2 Å². The van der Waals surface area contributed by atoms with Gasteiger partial charge in [-0.05, 0) is 35.0 Å². The van der Waals surface area contributed by atoms with Crippen molar-refractivity contribution in [2.75, 3.05) is 18.0 Å². The van der Waals surface area contributed by atoms with E-state index in [0.717, 1.165) is 16.8 Å². The number of nitrogens with zero attached hydrogens (tertiary/aromatic N) is 2. The fourth-order valence-corrected chi connectivity index (χ4v) is 2.14. The van der Waals surface area contributed by atoms with Gasteiger partial charge in [0, 0.05) is 19.3 Å². The lowest BCUT2D eigenvalue weighted by molar-refractivity contribution is -0.122. The van der Waals surface area contributed by atoms with Crippen LogP contribution in [0.15, 0.2) is 22.8 Å². The largest absolute Gasteiger partial charge is 0.353 e. The van der Waals surface area contributed by atoms with Crippen LogP contribution in [0.5, 0.6) is 0 Å². The molecule has 15 heavy (non-hydrogen) atoms. The van der Waals surface area contributed by atoms with Gasteiger partial charge >= 0.3 is 0 Å². The number of halogens is 1. The highest BCUT2D eigenvalue weighted by atomic mass is 79.9. The molecule has 0 spiro atoms. The SMILES string of the molecule is CC1C(=O)NCCN1c1ncccc1Br. The molecule has 2 rings (SSSR count). The Morgan fingerprint density at radius 2 is 2.47 bits per heavy atom. The van der Waals surface area contributed by atoms with Crippen molar-refractivity contribution in [3.05, 3.63) is 22.8 Å². The van der Waals surface area contributed by atoms with E-state index in [1.165, 1.54) is 0 Å². The number of nitrogens with one attached hydrogen (secondary N) is 1. The number of anilines is 1. The Bertz CT molecular complexity index is 383. The first kappa shape index (κ1) is 10.4. The number of amides is 1. The van der Waals surface area contributed by atoms with Gasteiger partial charge in [0.1, 0.15) is 11.9 Å². The van der Waals surface area contributed by atoms with Gasteiger partial charge in [-0.15, -0.1) is 0 Å². The normalized spacial score (nSPS) is 21.3. The second-order valence-electron chi connectivity index (χ2n) is 3.47. The number of aromatic nitrogens is 1. The molecule has 1 atom stereocenters. The fourth-order valence-electron chi connectivity index (χ4n) is 1.66. The van der Waals surface area contributed by atoms with Crippen molar-refractivity contribution in [1.29, 1.82) is 0 Å². The summed E-state index contributed by atoms with van der Waals surface area (Å²) in [6.07, 6.45) is 1.74. The lowest BCUT2D eigenvalue weighted by Gasteiger charge is -2.34. The number of carbonyl (C=O) groups excluding carboxylic acids is 1. The minimum atomic E-state index is -0.162. The van der Waals surface area contributed by atoms with Gasteiger partial charge in [-0.25, -0.2) is 4.98 Å². The molecule has 1 fully saturated rings. The lowest BCUT2D eigenvalue weighted by atomic mass is 10.2. The summed E-state index contributed by atoms with van der Waals surface area (Å²) < 4.78 is 0.923. The Hall–Kier alpha value is -1.10. The minimum Gasteiger partial charge on any atom is -0.353 e. The van der Waals surface area contributed by atoms with E-state index in [1.807, 2.05) is 24.0 Å². The van der Waals surface area contributed by atoms with Crippen LogP contribution in [0.4, 0.5) is 5.82 Å². The maximum absolute atomic E-state index is 11.5. The van der Waals surface area contributed by atoms with Crippen LogP contribution >= 0.6 is 15.9 Å². The quantitative estimate of drug-likeness (QED) is 0.833. The molecule has 1 aromatic heterocycles. The topological polar surface area (TPSA) is 45.2 Å². The number of pyridine rings is 1. The summed E-state index contributed by atoms with van der Waals surface area (Å²) in [7, 11) is 0. The molecule has 1 aromatic rings. The zero-order valence-electron chi connectivity index (χ0n) is 8.40. The van der Waals surface area contributed by atoms with Gasteiger partial charge in [0.2, 0.25) is 5.91 Å². The highest BCUT2D eigenvalue weighted by Gasteiger charge is 2.27. The third-order valence-electron chi connectivity index (χ3n) is 2.51. The van der Waals surface area contributed by atoms with E-state index >= 15 is 0 Å². The molecule has 1 aliphatic rings. The fraction of sp³-hybridized carbons (Fsp3) is 0.400. The van der Waals surface area contributed by atoms with Crippen LogP contribution in [0.1, 0.15) is 6.92 Å². The number of hydrogen-bond donors (Lipinski definition) is 1. The molecular formula is C10H12BrN3O. The Morgan fingerprint density at radius 3 is 3.20 bits per heavy atom. The molecular weight excluding hydrogens is 258 g/mol. The Labute approximate surface area is 96.8 Å². The predicted octanol–water partition coefficient (Wildman–Crippen LogP) is 1.17. The maximum Gasteiger partial charge on any atom is 0.242 e. The molecule has 2 heterocycles. The molecule has 0 aromatic carbocycles. The minimum absolute atomic E-state index is 0.0544. The van der Waals surface area contributed by atoms with E-state index in [-0.39, 0.29) is 11.9 Å². The number of hydrogen-bond acceptors (Lipinski definition) is 3. The molecule has 0 radical (unpaired) electrons. The van der Waals surface area contributed by atoms with E-state index in [1.54, 1.807) is 6.20 Å². The van der Waals surface area contributed by atoms with Gasteiger partial charge in [0.05, 0.1) is 4.47 Å². The summed E-state index contributed by atoms with van der Waals surface area (Å²) >= 11 is 3.44. The summed E-state index contributed by atoms with van der Waals surface area (Å²) in [6.45, 7) is 3.35. The summed E-state index contributed by atoms with van der Waals surface area (Å²) in [5.74, 6) is 0.888. The Balaban J connectivity index is 2.30. The molecule has 1 saturated heterocycles. The second-order valence-corrected chi connectivity index (χ2v) is 4.32. The van der Waals surface area contributed by atoms with Crippen molar-refractivity contribution >= 4 is 27.7 Å². The van der Waals surface area contributed by atoms with Crippen LogP contribution in [-0.4, -0.2) is 30.0 Å². The van der Waals surface area contributed by atoms with Gasteiger partial charge in [-0.2, -0.15) is 0 Å². The molecule has 1 amide bonds. The second kappa shape index (κ2) is 4.18. The smallest absolute Gasteiger partial charge is 0.242 e. The maximum atomic E-state index is 11.5. The van der Waals surface area contributed by atoms with Crippen LogP contribution in [0, 0.1) is 0 Å². The van der Waals surface area contributed by atoms with Gasteiger partial charge in [0.25, 0.3) is 0 Å².